The average molecular weight is 878 g/mol. The number of carbonyl (C=O) groups excluding carboxylic acids is 8. The predicted octanol–water partition coefficient (Wildman–Crippen LogP) is -1.01. The molecule has 4 rings (SSSR count). The van der Waals surface area contributed by atoms with Gasteiger partial charge in [-0.2, -0.15) is 11.8 Å². The Bertz CT molecular complexity index is 2050. The van der Waals surface area contributed by atoms with E-state index in [9.17, 15) is 38.4 Å². The van der Waals surface area contributed by atoms with Gasteiger partial charge in [0.1, 0.15) is 36.3 Å². The number of aromatic nitrogens is 1. The van der Waals surface area contributed by atoms with Crippen LogP contribution < -0.4 is 49.3 Å². The Labute approximate surface area is 364 Å². The van der Waals surface area contributed by atoms with E-state index in [4.69, 9.17) is 17.3 Å². The zero-order chi connectivity index (χ0) is 45.3. The van der Waals surface area contributed by atoms with Crippen LogP contribution in [0.3, 0.4) is 0 Å². The summed E-state index contributed by atoms with van der Waals surface area (Å²) < 4.78 is 0. The van der Waals surface area contributed by atoms with Crippen LogP contribution in [0.15, 0.2) is 60.8 Å². The van der Waals surface area contributed by atoms with E-state index in [1.165, 1.54) is 16.7 Å². The molecule has 0 bridgehead atoms. The van der Waals surface area contributed by atoms with Gasteiger partial charge in [-0.1, -0.05) is 62.4 Å². The second kappa shape index (κ2) is 23.9. The summed E-state index contributed by atoms with van der Waals surface area (Å²) >= 11 is 1.50. The minimum absolute atomic E-state index is 0.00358. The maximum absolute atomic E-state index is 14.4. The van der Waals surface area contributed by atoms with Crippen LogP contribution in [0.2, 0.25) is 0 Å². The summed E-state index contributed by atoms with van der Waals surface area (Å²) in [6.07, 6.45) is 3.89. The summed E-state index contributed by atoms with van der Waals surface area (Å²) in [6.45, 7) is 3.51. The molecule has 20 heteroatoms. The smallest absolute Gasteiger partial charge is 0.256 e. The number of para-hydroxylation sites is 1. The first kappa shape index (κ1) is 48.7. The molecule has 2 heterocycles. The lowest BCUT2D eigenvalue weighted by atomic mass is 10.0. The standard InChI is InChI=1S/C42H59N11O8S/c1-24(2)19-34(41(60)48-30(16-18-62-3)40(59)52-45)53-17-15-31(42(53)61)49-38(57)32(20-25-9-5-4-6-10-25)50-39(58)33(21-26-23-46-28-12-8-7-11-27(26)28)51-37(56)29(13-14-35(44)54)47-36(55)22-43/h4-12,23-24,29-34,46H,13-22,43,45H2,1-3H3,(H2,44,54)(H,47,55)(H,48,60)(H,49,57)(H,50,58)(H,51,56)(H,52,59)/t29-,30-,31+,32-,33-,34-/m0/s1. The second-order valence-corrected chi connectivity index (χ2v) is 16.6. The van der Waals surface area contributed by atoms with E-state index in [-0.39, 0.29) is 51.0 Å². The third-order valence-electron chi connectivity index (χ3n) is 10.5. The van der Waals surface area contributed by atoms with Gasteiger partial charge < -0.3 is 47.9 Å². The van der Waals surface area contributed by atoms with E-state index in [0.717, 1.165) is 10.9 Å². The fourth-order valence-corrected chi connectivity index (χ4v) is 7.73. The molecule has 1 aliphatic heterocycles. The minimum Gasteiger partial charge on any atom is -0.370 e. The van der Waals surface area contributed by atoms with Crippen molar-refractivity contribution in [2.45, 2.75) is 95.0 Å². The third-order valence-corrected chi connectivity index (χ3v) is 11.1. The average Bonchev–Trinajstić information content (AvgIpc) is 3.83. The zero-order valence-electron chi connectivity index (χ0n) is 35.2. The number of rotatable bonds is 24. The number of carbonyl (C=O) groups is 8. The predicted molar refractivity (Wildman–Crippen MR) is 234 cm³/mol. The van der Waals surface area contributed by atoms with Crippen molar-refractivity contribution >= 4 is 69.9 Å². The molecule has 0 unspecified atom stereocenters. The van der Waals surface area contributed by atoms with E-state index in [0.29, 0.717) is 23.3 Å². The Balaban J connectivity index is 1.59. The first-order valence-corrected chi connectivity index (χ1v) is 21.9. The number of primary amides is 1. The molecular formula is C42H59N11O8S. The maximum atomic E-state index is 14.4. The molecule has 1 saturated heterocycles. The Hall–Kier alpha value is -5.99. The number of thioether (sulfide) groups is 1. The maximum Gasteiger partial charge on any atom is 0.256 e. The first-order chi connectivity index (χ1) is 29.6. The van der Waals surface area contributed by atoms with Gasteiger partial charge >= 0.3 is 0 Å². The van der Waals surface area contributed by atoms with Crippen molar-refractivity contribution in [3.05, 3.63) is 71.9 Å². The summed E-state index contributed by atoms with van der Waals surface area (Å²) in [4.78, 5) is 111. The summed E-state index contributed by atoms with van der Waals surface area (Å²) in [5.41, 5.74) is 15.0. The molecule has 19 nitrogen and oxygen atoms in total. The van der Waals surface area contributed by atoms with Crippen molar-refractivity contribution < 1.29 is 38.4 Å². The van der Waals surface area contributed by atoms with Crippen LogP contribution in [0, 0.1) is 5.92 Å². The number of hydrogen-bond acceptors (Lipinski definition) is 11. The Kier molecular flexibility index (Phi) is 18.7. The van der Waals surface area contributed by atoms with Crippen LogP contribution in [0.5, 0.6) is 0 Å². The van der Waals surface area contributed by atoms with Gasteiger partial charge in [0, 0.05) is 42.9 Å². The molecule has 3 aromatic rings. The molecule has 0 saturated carbocycles. The highest BCUT2D eigenvalue weighted by molar-refractivity contribution is 7.98. The molecule has 0 spiro atoms. The number of nitrogens with two attached hydrogens (primary N) is 3. The van der Waals surface area contributed by atoms with Crippen LogP contribution in [0.4, 0.5) is 0 Å². The third kappa shape index (κ3) is 14.0. The number of fused-ring (bicyclic) bond motifs is 1. The normalized spacial score (nSPS) is 16.1. The van der Waals surface area contributed by atoms with Gasteiger partial charge in [0.2, 0.25) is 41.4 Å². The van der Waals surface area contributed by atoms with Gasteiger partial charge in [0.15, 0.2) is 0 Å². The topological polar surface area (TPSA) is 306 Å². The molecule has 62 heavy (non-hydrogen) atoms. The molecular weight excluding hydrogens is 819 g/mol. The molecule has 2 aromatic carbocycles. The van der Waals surface area contributed by atoms with Crippen molar-refractivity contribution in [3.8, 4) is 0 Å². The molecule has 13 N–H and O–H groups in total. The van der Waals surface area contributed by atoms with Crippen molar-refractivity contribution in [1.82, 2.24) is 41.9 Å². The number of amides is 8. The fourth-order valence-electron chi connectivity index (χ4n) is 7.26. The van der Waals surface area contributed by atoms with Gasteiger partial charge in [0.25, 0.3) is 5.91 Å². The molecule has 1 fully saturated rings. The molecule has 0 radical (unpaired) electrons. The highest BCUT2D eigenvalue weighted by Crippen LogP contribution is 2.22. The SMILES string of the molecule is CSCC[C@H](NC(=O)[C@H](CC(C)C)N1CC[C@@H](NC(=O)[C@H](Cc2ccccc2)NC(=O)[C@H](Cc2c[nH]c3ccccc23)NC(=O)[C@H](CCC(N)=O)NC(=O)CN)C1=O)C(=O)NN. The largest absolute Gasteiger partial charge is 0.370 e. The number of hydrogen-bond donors (Lipinski definition) is 10. The molecule has 0 aliphatic carbocycles. The van der Waals surface area contributed by atoms with Crippen LogP contribution >= 0.6 is 11.8 Å². The highest BCUT2D eigenvalue weighted by atomic mass is 32.2. The summed E-state index contributed by atoms with van der Waals surface area (Å²) in [6, 6.07) is 9.52. The highest BCUT2D eigenvalue weighted by Gasteiger charge is 2.41. The lowest BCUT2D eigenvalue weighted by molar-refractivity contribution is -0.141. The van der Waals surface area contributed by atoms with E-state index in [1.54, 1.807) is 36.5 Å². The van der Waals surface area contributed by atoms with Crippen molar-refractivity contribution in [1.29, 1.82) is 0 Å². The van der Waals surface area contributed by atoms with Crippen molar-refractivity contribution in [2.24, 2.45) is 23.2 Å². The molecule has 6 atom stereocenters. The zero-order valence-corrected chi connectivity index (χ0v) is 36.1. The number of hydrazine groups is 1. The van der Waals surface area contributed by atoms with Gasteiger partial charge in [0.05, 0.1) is 6.54 Å². The van der Waals surface area contributed by atoms with Crippen LogP contribution in [0.25, 0.3) is 10.9 Å². The minimum atomic E-state index is -1.31. The summed E-state index contributed by atoms with van der Waals surface area (Å²) in [5, 5.41) is 14.3. The van der Waals surface area contributed by atoms with Gasteiger partial charge in [-0.3, -0.25) is 43.8 Å². The van der Waals surface area contributed by atoms with E-state index < -0.39 is 90.1 Å². The van der Waals surface area contributed by atoms with Crippen LogP contribution in [0.1, 0.15) is 57.1 Å². The molecule has 1 aromatic heterocycles. The lowest BCUT2D eigenvalue weighted by Crippen LogP contribution is -2.59. The van der Waals surface area contributed by atoms with Crippen molar-refractivity contribution in [3.63, 3.8) is 0 Å². The molecule has 336 valence electrons. The summed E-state index contributed by atoms with van der Waals surface area (Å²) in [7, 11) is 0. The van der Waals surface area contributed by atoms with Crippen LogP contribution in [-0.4, -0.2) is 118 Å². The Morgan fingerprint density at radius 1 is 0.806 bits per heavy atom. The number of nitrogens with zero attached hydrogens (tertiary/aromatic N) is 1. The van der Waals surface area contributed by atoms with E-state index in [1.807, 2.05) is 44.4 Å². The van der Waals surface area contributed by atoms with E-state index in [2.05, 4.69) is 37.0 Å². The number of H-pyrrole nitrogens is 1. The van der Waals surface area contributed by atoms with Crippen LogP contribution in [-0.2, 0) is 51.2 Å². The first-order valence-electron chi connectivity index (χ1n) is 20.5. The summed E-state index contributed by atoms with van der Waals surface area (Å²) in [5.74, 6) is 0.770. The van der Waals surface area contributed by atoms with E-state index >= 15 is 0 Å². The fraction of sp³-hybridized carbons (Fsp3) is 0.476. The second-order valence-electron chi connectivity index (χ2n) is 15.6. The number of benzene rings is 2. The molecule has 1 aliphatic rings. The van der Waals surface area contributed by atoms with Gasteiger partial charge in [-0.25, -0.2) is 5.84 Å². The number of aromatic amines is 1. The number of nitrogens with one attached hydrogen (secondary N) is 7. The monoisotopic (exact) mass is 877 g/mol. The Morgan fingerprint density at radius 2 is 1.44 bits per heavy atom. The quantitative estimate of drug-likeness (QED) is 0.0296. The number of likely N-dealkylation sites (tertiary alicyclic amines) is 1. The lowest BCUT2D eigenvalue weighted by Gasteiger charge is -2.30. The molecule has 8 amide bonds. The van der Waals surface area contributed by atoms with Gasteiger partial charge in [-0.05, 0) is 60.8 Å². The Morgan fingerprint density at radius 3 is 2.08 bits per heavy atom. The van der Waals surface area contributed by atoms with Crippen molar-refractivity contribution in [2.75, 3.05) is 25.1 Å². The van der Waals surface area contributed by atoms with Gasteiger partial charge in [-0.15, -0.1) is 0 Å².